The van der Waals surface area contributed by atoms with Crippen LogP contribution in [-0.4, -0.2) is 48.2 Å². The van der Waals surface area contributed by atoms with Crippen molar-refractivity contribution in [2.24, 2.45) is 5.92 Å². The Kier molecular flexibility index (Phi) is 7.27. The molecule has 1 saturated heterocycles. The second-order valence-electron chi connectivity index (χ2n) is 7.98. The Morgan fingerprint density at radius 2 is 2.11 bits per heavy atom. The van der Waals surface area contributed by atoms with Crippen LogP contribution in [0, 0.1) is 5.92 Å². The predicted octanol–water partition coefficient (Wildman–Crippen LogP) is 4.07. The molecule has 2 aromatic rings. The van der Waals surface area contributed by atoms with Crippen molar-refractivity contribution in [3.8, 4) is 0 Å². The summed E-state index contributed by atoms with van der Waals surface area (Å²) in [4.78, 5) is 16.2. The molecule has 1 aromatic heterocycles. The van der Waals surface area contributed by atoms with Crippen molar-refractivity contribution in [3.05, 3.63) is 34.7 Å². The lowest BCUT2D eigenvalue weighted by molar-refractivity contribution is 0.0947. The number of aliphatic hydroxyl groups excluding tert-OH is 1. The van der Waals surface area contributed by atoms with E-state index in [2.05, 4.69) is 42.3 Å². The smallest absolute Gasteiger partial charge is 0.261 e. The molecule has 27 heavy (non-hydrogen) atoms. The fourth-order valence-corrected chi connectivity index (χ4v) is 5.30. The highest BCUT2D eigenvalue weighted by Gasteiger charge is 2.26. The van der Waals surface area contributed by atoms with Crippen LogP contribution in [0.4, 0.5) is 0 Å². The summed E-state index contributed by atoms with van der Waals surface area (Å²) in [5.41, 5.74) is 1.19. The van der Waals surface area contributed by atoms with Gasteiger partial charge in [-0.05, 0) is 48.7 Å². The number of benzene rings is 1. The first kappa shape index (κ1) is 20.3. The Labute approximate surface area is 166 Å². The average Bonchev–Trinajstić information content (AvgIpc) is 2.88. The molecule has 148 valence electrons. The van der Waals surface area contributed by atoms with Crippen LogP contribution in [0.3, 0.4) is 0 Å². The number of amides is 1. The highest BCUT2D eigenvalue weighted by atomic mass is 32.1. The molecule has 1 amide bonds. The molecule has 1 aromatic carbocycles. The minimum atomic E-state index is -0.0516. The third kappa shape index (κ3) is 5.09. The molecule has 1 fully saturated rings. The van der Waals surface area contributed by atoms with Crippen molar-refractivity contribution in [2.45, 2.75) is 52.0 Å². The van der Waals surface area contributed by atoms with Crippen LogP contribution in [0.25, 0.3) is 10.1 Å². The summed E-state index contributed by atoms with van der Waals surface area (Å²) in [7, 11) is 0. The standard InChI is InChI=1S/C22H32N2O2S/c1-16(2)15-24-12-7-3-4-8-17(24)14-19-18-9-5-6-10-20(18)27-21(19)22(26)23-11-13-25/h5-6,9-10,16-17,25H,3-4,7-8,11-15H2,1-2H3,(H,23,26)/t17-/m0/s1. The van der Waals surface area contributed by atoms with E-state index in [9.17, 15) is 4.79 Å². The van der Waals surface area contributed by atoms with Gasteiger partial charge in [0.15, 0.2) is 0 Å². The minimum absolute atomic E-state index is 0.0310. The SMILES string of the molecule is CC(C)CN1CCCCC[C@H]1Cc1c(C(=O)NCCO)sc2ccccc12. The van der Waals surface area contributed by atoms with E-state index in [0.717, 1.165) is 24.4 Å². The van der Waals surface area contributed by atoms with Crippen molar-refractivity contribution in [2.75, 3.05) is 26.2 Å². The van der Waals surface area contributed by atoms with Crippen LogP contribution in [0.5, 0.6) is 0 Å². The summed E-state index contributed by atoms with van der Waals surface area (Å²) in [5, 5.41) is 13.1. The number of likely N-dealkylation sites (tertiary alicyclic amines) is 1. The average molecular weight is 389 g/mol. The molecule has 2 N–H and O–H groups in total. The summed E-state index contributed by atoms with van der Waals surface area (Å²) < 4.78 is 1.17. The second kappa shape index (κ2) is 9.67. The lowest BCUT2D eigenvalue weighted by Crippen LogP contribution is -2.39. The van der Waals surface area contributed by atoms with E-state index in [0.29, 0.717) is 18.5 Å². The van der Waals surface area contributed by atoms with Gasteiger partial charge in [-0.2, -0.15) is 0 Å². The molecule has 1 aliphatic rings. The van der Waals surface area contributed by atoms with Gasteiger partial charge in [0.05, 0.1) is 11.5 Å². The molecule has 0 aliphatic carbocycles. The van der Waals surface area contributed by atoms with Crippen molar-refractivity contribution in [1.82, 2.24) is 10.2 Å². The molecule has 0 bridgehead atoms. The predicted molar refractivity (Wildman–Crippen MR) is 114 cm³/mol. The highest BCUT2D eigenvalue weighted by molar-refractivity contribution is 7.21. The Balaban J connectivity index is 1.92. The van der Waals surface area contributed by atoms with E-state index in [1.807, 2.05) is 6.07 Å². The number of aliphatic hydroxyl groups is 1. The molecule has 2 heterocycles. The van der Waals surface area contributed by atoms with Gasteiger partial charge in [-0.3, -0.25) is 9.69 Å². The molecular weight excluding hydrogens is 356 g/mol. The number of carbonyl (C=O) groups is 1. The zero-order valence-corrected chi connectivity index (χ0v) is 17.4. The van der Waals surface area contributed by atoms with E-state index in [4.69, 9.17) is 5.11 Å². The maximum absolute atomic E-state index is 12.7. The molecule has 3 rings (SSSR count). The summed E-state index contributed by atoms with van der Waals surface area (Å²) in [6.07, 6.45) is 5.98. The van der Waals surface area contributed by atoms with E-state index in [-0.39, 0.29) is 12.5 Å². The van der Waals surface area contributed by atoms with Crippen LogP contribution in [0.2, 0.25) is 0 Å². The zero-order valence-electron chi connectivity index (χ0n) is 16.5. The lowest BCUT2D eigenvalue weighted by Gasteiger charge is -2.31. The van der Waals surface area contributed by atoms with Crippen LogP contribution in [0.15, 0.2) is 24.3 Å². The Hall–Kier alpha value is -1.43. The summed E-state index contributed by atoms with van der Waals surface area (Å²) >= 11 is 1.58. The van der Waals surface area contributed by atoms with Gasteiger partial charge < -0.3 is 10.4 Å². The second-order valence-corrected chi connectivity index (χ2v) is 9.03. The van der Waals surface area contributed by atoms with Gasteiger partial charge in [-0.25, -0.2) is 0 Å². The van der Waals surface area contributed by atoms with Crippen LogP contribution in [0.1, 0.15) is 54.8 Å². The lowest BCUT2D eigenvalue weighted by atomic mass is 9.97. The normalized spacial score (nSPS) is 18.7. The van der Waals surface area contributed by atoms with Crippen molar-refractivity contribution >= 4 is 27.3 Å². The maximum Gasteiger partial charge on any atom is 0.261 e. The molecule has 5 heteroatoms. The Morgan fingerprint density at radius 3 is 2.89 bits per heavy atom. The van der Waals surface area contributed by atoms with Crippen LogP contribution in [-0.2, 0) is 6.42 Å². The third-order valence-electron chi connectivity index (χ3n) is 5.34. The van der Waals surface area contributed by atoms with Gasteiger partial charge in [0.2, 0.25) is 0 Å². The highest BCUT2D eigenvalue weighted by Crippen LogP contribution is 2.34. The molecule has 0 saturated carbocycles. The largest absolute Gasteiger partial charge is 0.395 e. The number of rotatable bonds is 7. The minimum Gasteiger partial charge on any atom is -0.395 e. The van der Waals surface area contributed by atoms with E-state index in [1.165, 1.54) is 41.3 Å². The Bertz CT molecular complexity index is 756. The quantitative estimate of drug-likeness (QED) is 0.752. The molecular formula is C22H32N2O2S. The molecule has 4 nitrogen and oxygen atoms in total. The fraction of sp³-hybridized carbons (Fsp3) is 0.591. The number of nitrogens with one attached hydrogen (secondary N) is 1. The number of carbonyl (C=O) groups excluding carboxylic acids is 1. The molecule has 0 radical (unpaired) electrons. The van der Waals surface area contributed by atoms with Crippen LogP contribution < -0.4 is 5.32 Å². The van der Waals surface area contributed by atoms with Gasteiger partial charge in [-0.15, -0.1) is 11.3 Å². The topological polar surface area (TPSA) is 52.6 Å². The third-order valence-corrected chi connectivity index (χ3v) is 6.55. The molecule has 1 aliphatic heterocycles. The first-order chi connectivity index (χ1) is 13.1. The zero-order chi connectivity index (χ0) is 19.2. The van der Waals surface area contributed by atoms with Gasteiger partial charge in [0, 0.05) is 23.8 Å². The number of hydrogen-bond donors (Lipinski definition) is 2. The van der Waals surface area contributed by atoms with Crippen molar-refractivity contribution in [1.29, 1.82) is 0 Å². The van der Waals surface area contributed by atoms with E-state index >= 15 is 0 Å². The first-order valence-corrected chi connectivity index (χ1v) is 11.0. The summed E-state index contributed by atoms with van der Waals surface area (Å²) in [5.74, 6) is 0.599. The van der Waals surface area contributed by atoms with Gasteiger partial charge in [-0.1, -0.05) is 44.9 Å². The first-order valence-electron chi connectivity index (χ1n) is 10.2. The molecule has 0 spiro atoms. The maximum atomic E-state index is 12.7. The van der Waals surface area contributed by atoms with Crippen molar-refractivity contribution < 1.29 is 9.90 Å². The Morgan fingerprint density at radius 1 is 1.30 bits per heavy atom. The van der Waals surface area contributed by atoms with Crippen LogP contribution >= 0.6 is 11.3 Å². The monoisotopic (exact) mass is 388 g/mol. The van der Waals surface area contributed by atoms with E-state index in [1.54, 1.807) is 11.3 Å². The summed E-state index contributed by atoms with van der Waals surface area (Å²) in [6, 6.07) is 8.85. The van der Waals surface area contributed by atoms with Crippen molar-refractivity contribution in [3.63, 3.8) is 0 Å². The number of nitrogens with zero attached hydrogens (tertiary/aromatic N) is 1. The number of thiophene rings is 1. The summed E-state index contributed by atoms with van der Waals surface area (Å²) in [6.45, 7) is 7.13. The van der Waals surface area contributed by atoms with E-state index < -0.39 is 0 Å². The van der Waals surface area contributed by atoms with Gasteiger partial charge in [0.1, 0.15) is 0 Å². The number of fused-ring (bicyclic) bond motifs is 1. The fourth-order valence-electron chi connectivity index (χ4n) is 4.15. The molecule has 0 unspecified atom stereocenters. The van der Waals surface area contributed by atoms with Gasteiger partial charge >= 0.3 is 0 Å². The van der Waals surface area contributed by atoms with Gasteiger partial charge in [0.25, 0.3) is 5.91 Å². The number of hydrogen-bond acceptors (Lipinski definition) is 4. The molecule has 1 atom stereocenters.